The van der Waals surface area contributed by atoms with Gasteiger partial charge in [-0.15, -0.1) is 0 Å². The van der Waals surface area contributed by atoms with Crippen LogP contribution in [-0.4, -0.2) is 66.3 Å². The summed E-state index contributed by atoms with van der Waals surface area (Å²) in [4.78, 5) is 18.7. The molecule has 3 aliphatic rings. The molecule has 4 rings (SSSR count). The van der Waals surface area contributed by atoms with E-state index in [0.717, 1.165) is 18.6 Å². The molecule has 172 valence electrons. The summed E-state index contributed by atoms with van der Waals surface area (Å²) in [6.45, 7) is 8.87. The van der Waals surface area contributed by atoms with Crippen molar-refractivity contribution >= 4 is 21.8 Å². The highest BCUT2D eigenvalue weighted by Gasteiger charge is 2.41. The Morgan fingerprint density at radius 3 is 2.72 bits per heavy atom. The van der Waals surface area contributed by atoms with Gasteiger partial charge in [-0.3, -0.25) is 4.79 Å². The number of halogens is 1. The number of aliphatic hydroxyl groups is 1. The second-order valence-electron chi connectivity index (χ2n) is 8.28. The fourth-order valence-corrected chi connectivity index (χ4v) is 5.52. The molecule has 9 nitrogen and oxygen atoms in total. The number of rotatable bonds is 5. The number of benzene rings is 1. The average Bonchev–Trinajstić information content (AvgIpc) is 2.67. The second kappa shape index (κ2) is 7.98. The van der Waals surface area contributed by atoms with Crippen molar-refractivity contribution in [1.82, 2.24) is 14.5 Å². The SMILES string of the molecule is C=C1C(O)=C(C(=O)NCc2ccc(F)cc2S(=O)(=O)N2CCC2)N=C2N1CCOC2(C)C. The topological polar surface area (TPSA) is 112 Å². The summed E-state index contributed by atoms with van der Waals surface area (Å²) in [7, 11) is -3.86. The Morgan fingerprint density at radius 2 is 2.06 bits per heavy atom. The van der Waals surface area contributed by atoms with Crippen LogP contribution in [0.3, 0.4) is 0 Å². The van der Waals surface area contributed by atoms with E-state index in [1.54, 1.807) is 18.7 Å². The smallest absolute Gasteiger partial charge is 0.274 e. The first kappa shape index (κ1) is 22.4. The zero-order chi connectivity index (χ0) is 23.3. The molecule has 0 unspecified atom stereocenters. The first-order valence-corrected chi connectivity index (χ1v) is 11.7. The van der Waals surface area contributed by atoms with Crippen molar-refractivity contribution in [2.75, 3.05) is 26.2 Å². The molecule has 0 saturated carbocycles. The van der Waals surface area contributed by atoms with Gasteiger partial charge >= 0.3 is 0 Å². The quantitative estimate of drug-likeness (QED) is 0.685. The Kier molecular flexibility index (Phi) is 5.60. The number of amides is 1. The van der Waals surface area contributed by atoms with E-state index in [1.165, 1.54) is 10.4 Å². The summed E-state index contributed by atoms with van der Waals surface area (Å²) in [6.07, 6.45) is 0.745. The van der Waals surface area contributed by atoms with Gasteiger partial charge in [-0.25, -0.2) is 17.8 Å². The van der Waals surface area contributed by atoms with Gasteiger partial charge in [-0.05, 0) is 38.0 Å². The third-order valence-electron chi connectivity index (χ3n) is 5.73. The molecule has 11 heteroatoms. The molecular weight excluding hydrogens is 439 g/mol. The number of aliphatic imine (C=N–C) groups is 1. The van der Waals surface area contributed by atoms with E-state index >= 15 is 0 Å². The molecule has 0 spiro atoms. The molecule has 3 heterocycles. The second-order valence-corrected chi connectivity index (χ2v) is 10.2. The zero-order valence-corrected chi connectivity index (χ0v) is 18.7. The highest BCUT2D eigenvalue weighted by molar-refractivity contribution is 7.89. The molecule has 1 aromatic carbocycles. The van der Waals surface area contributed by atoms with Crippen molar-refractivity contribution in [3.63, 3.8) is 0 Å². The number of hydrogen-bond donors (Lipinski definition) is 2. The number of ether oxygens (including phenoxy) is 1. The molecule has 0 bridgehead atoms. The minimum absolute atomic E-state index is 0.192. The van der Waals surface area contributed by atoms with Gasteiger partial charge in [0.2, 0.25) is 10.0 Å². The lowest BCUT2D eigenvalue weighted by atomic mass is 10.0. The van der Waals surface area contributed by atoms with E-state index in [0.29, 0.717) is 32.1 Å². The van der Waals surface area contributed by atoms with Gasteiger partial charge in [-0.2, -0.15) is 4.31 Å². The Bertz CT molecular complexity index is 1150. The van der Waals surface area contributed by atoms with Crippen LogP contribution in [0.25, 0.3) is 0 Å². The normalized spacial score (nSPS) is 21.0. The number of aliphatic hydroxyl groups excluding tert-OH is 1. The summed E-state index contributed by atoms with van der Waals surface area (Å²) in [6, 6.07) is 3.41. The molecule has 1 amide bonds. The van der Waals surface area contributed by atoms with Crippen LogP contribution in [0.1, 0.15) is 25.8 Å². The number of carbonyl (C=O) groups excluding carboxylic acids is 1. The number of hydrogen-bond acceptors (Lipinski definition) is 7. The largest absolute Gasteiger partial charge is 0.504 e. The van der Waals surface area contributed by atoms with Gasteiger partial charge in [0.1, 0.15) is 17.3 Å². The molecule has 2 saturated heterocycles. The number of morpholine rings is 1. The van der Waals surface area contributed by atoms with Crippen molar-refractivity contribution < 1.29 is 27.4 Å². The molecule has 0 aliphatic carbocycles. The Labute approximate surface area is 185 Å². The molecule has 3 aliphatic heterocycles. The van der Waals surface area contributed by atoms with E-state index in [2.05, 4.69) is 16.9 Å². The van der Waals surface area contributed by atoms with Gasteiger partial charge in [0, 0.05) is 26.2 Å². The minimum Gasteiger partial charge on any atom is -0.504 e. The van der Waals surface area contributed by atoms with Gasteiger partial charge < -0.3 is 20.1 Å². The fraction of sp³-hybridized carbons (Fsp3) is 0.429. The molecule has 1 aromatic rings. The Balaban J connectivity index is 1.59. The van der Waals surface area contributed by atoms with E-state index in [9.17, 15) is 22.7 Å². The van der Waals surface area contributed by atoms with E-state index in [4.69, 9.17) is 4.74 Å². The van der Waals surface area contributed by atoms with Gasteiger partial charge in [0.05, 0.1) is 17.2 Å². The molecular formula is C21H25FN4O5S. The van der Waals surface area contributed by atoms with Crippen LogP contribution < -0.4 is 5.32 Å². The van der Waals surface area contributed by atoms with Crippen LogP contribution in [-0.2, 0) is 26.1 Å². The predicted octanol–water partition coefficient (Wildman–Crippen LogP) is 1.64. The van der Waals surface area contributed by atoms with E-state index in [1.807, 2.05) is 0 Å². The molecule has 0 aromatic heterocycles. The third-order valence-corrected chi connectivity index (χ3v) is 7.71. The number of sulfonamides is 1. The first-order chi connectivity index (χ1) is 15.0. The molecule has 2 N–H and O–H groups in total. The van der Waals surface area contributed by atoms with Crippen LogP contribution in [0.15, 0.2) is 51.8 Å². The summed E-state index contributed by atoms with van der Waals surface area (Å²) in [5.41, 5.74) is -0.562. The Morgan fingerprint density at radius 1 is 1.34 bits per heavy atom. The van der Waals surface area contributed by atoms with Crippen LogP contribution >= 0.6 is 0 Å². The molecule has 32 heavy (non-hydrogen) atoms. The Hall–Kier alpha value is -2.76. The predicted molar refractivity (Wildman–Crippen MR) is 115 cm³/mol. The minimum atomic E-state index is -3.86. The maximum Gasteiger partial charge on any atom is 0.274 e. The van der Waals surface area contributed by atoms with E-state index in [-0.39, 0.29) is 34.2 Å². The van der Waals surface area contributed by atoms with Crippen LogP contribution in [0.5, 0.6) is 0 Å². The summed E-state index contributed by atoms with van der Waals surface area (Å²) in [5, 5.41) is 13.1. The van der Waals surface area contributed by atoms with Crippen LogP contribution in [0.2, 0.25) is 0 Å². The lowest BCUT2D eigenvalue weighted by molar-refractivity contribution is -0.118. The highest BCUT2D eigenvalue weighted by Crippen LogP contribution is 2.31. The molecule has 0 radical (unpaired) electrons. The van der Waals surface area contributed by atoms with Crippen molar-refractivity contribution in [3.8, 4) is 0 Å². The van der Waals surface area contributed by atoms with Crippen LogP contribution in [0, 0.1) is 5.82 Å². The molecule has 2 fully saturated rings. The van der Waals surface area contributed by atoms with Crippen molar-refractivity contribution in [1.29, 1.82) is 0 Å². The first-order valence-electron chi connectivity index (χ1n) is 10.2. The average molecular weight is 465 g/mol. The van der Waals surface area contributed by atoms with Gasteiger partial charge in [0.15, 0.2) is 11.5 Å². The number of carbonyl (C=O) groups is 1. The van der Waals surface area contributed by atoms with Gasteiger partial charge in [0.25, 0.3) is 5.91 Å². The number of fused-ring (bicyclic) bond motifs is 1. The maximum absolute atomic E-state index is 13.8. The molecule has 0 atom stereocenters. The summed E-state index contributed by atoms with van der Waals surface area (Å²) < 4.78 is 46.4. The zero-order valence-electron chi connectivity index (χ0n) is 17.9. The van der Waals surface area contributed by atoms with E-state index < -0.39 is 27.3 Å². The standard InChI is InChI=1S/C21H25FN4O5S/c1-13-18(27)17(24-20-21(2,3)31-10-9-26(13)20)19(28)23-12-14-5-6-15(22)11-16(14)32(29,30)25-7-4-8-25/h5-6,11,27H,1,4,7-10,12H2,2-3H3,(H,23,28). The lowest BCUT2D eigenvalue weighted by Gasteiger charge is -2.43. The van der Waals surface area contributed by atoms with Gasteiger partial charge in [-0.1, -0.05) is 12.6 Å². The third kappa shape index (κ3) is 3.80. The number of amidine groups is 1. The van der Waals surface area contributed by atoms with Crippen molar-refractivity contribution in [3.05, 3.63) is 53.3 Å². The monoisotopic (exact) mass is 464 g/mol. The van der Waals surface area contributed by atoms with Crippen molar-refractivity contribution in [2.24, 2.45) is 4.99 Å². The lowest BCUT2D eigenvalue weighted by Crippen LogP contribution is -2.54. The summed E-state index contributed by atoms with van der Waals surface area (Å²) >= 11 is 0. The fourth-order valence-electron chi connectivity index (χ4n) is 3.77. The van der Waals surface area contributed by atoms with Crippen molar-refractivity contribution in [2.45, 2.75) is 37.3 Å². The summed E-state index contributed by atoms with van der Waals surface area (Å²) in [5.74, 6) is -1.32. The number of nitrogens with one attached hydrogen (secondary N) is 1. The highest BCUT2D eigenvalue weighted by atomic mass is 32.2. The number of nitrogens with zero attached hydrogens (tertiary/aromatic N) is 3. The maximum atomic E-state index is 13.8. The van der Waals surface area contributed by atoms with Crippen LogP contribution in [0.4, 0.5) is 4.39 Å².